The highest BCUT2D eigenvalue weighted by Gasteiger charge is 2.13. The topological polar surface area (TPSA) is 46.5 Å². The van der Waals surface area contributed by atoms with Crippen LogP contribution in [0.4, 0.5) is 0 Å². The molecule has 0 aromatic heterocycles. The third-order valence-electron chi connectivity index (χ3n) is 3.95. The van der Waals surface area contributed by atoms with Gasteiger partial charge >= 0.3 is 5.97 Å². The van der Waals surface area contributed by atoms with Crippen LogP contribution in [0.15, 0.2) is 42.5 Å². The summed E-state index contributed by atoms with van der Waals surface area (Å²) >= 11 is 0. The zero-order valence-corrected chi connectivity index (χ0v) is 11.8. The van der Waals surface area contributed by atoms with Gasteiger partial charge in [-0.1, -0.05) is 24.3 Å². The smallest absolute Gasteiger partial charge is 0.335 e. The van der Waals surface area contributed by atoms with Crippen LogP contribution in [0.25, 0.3) is 0 Å². The first-order chi connectivity index (χ1) is 10.2. The molecule has 2 aromatic carbocycles. The van der Waals surface area contributed by atoms with Crippen molar-refractivity contribution < 1.29 is 14.6 Å². The Morgan fingerprint density at radius 3 is 2.57 bits per heavy atom. The number of aryl methyl sites for hydroxylation is 1. The molecule has 3 heteroatoms. The average Bonchev–Trinajstić information content (AvgIpc) is 2.53. The van der Waals surface area contributed by atoms with Crippen molar-refractivity contribution >= 4 is 5.97 Å². The molecule has 3 nitrogen and oxygen atoms in total. The van der Waals surface area contributed by atoms with E-state index in [1.54, 1.807) is 24.3 Å². The number of carbonyl (C=O) groups is 1. The van der Waals surface area contributed by atoms with E-state index >= 15 is 0 Å². The molecular weight excluding hydrogens is 264 g/mol. The maximum Gasteiger partial charge on any atom is 0.335 e. The summed E-state index contributed by atoms with van der Waals surface area (Å²) in [5.74, 6) is 0.0640. The van der Waals surface area contributed by atoms with Gasteiger partial charge in [-0.05, 0) is 60.6 Å². The van der Waals surface area contributed by atoms with Crippen LogP contribution in [0.1, 0.15) is 39.9 Å². The number of rotatable bonds is 4. The SMILES string of the molecule is O=C(O)c1ccc(COc2cccc3c2CCCC3)cc1. The highest BCUT2D eigenvalue weighted by molar-refractivity contribution is 5.87. The van der Waals surface area contributed by atoms with E-state index in [1.807, 2.05) is 12.1 Å². The molecule has 0 fully saturated rings. The van der Waals surface area contributed by atoms with Gasteiger partial charge < -0.3 is 9.84 Å². The minimum Gasteiger partial charge on any atom is -0.489 e. The summed E-state index contributed by atoms with van der Waals surface area (Å²) in [5, 5.41) is 8.88. The van der Waals surface area contributed by atoms with Gasteiger partial charge in [0.25, 0.3) is 0 Å². The molecule has 1 N–H and O–H groups in total. The number of carboxylic acids is 1. The van der Waals surface area contributed by atoms with E-state index in [0.717, 1.165) is 24.2 Å². The third kappa shape index (κ3) is 3.07. The lowest BCUT2D eigenvalue weighted by Crippen LogP contribution is -2.06. The van der Waals surface area contributed by atoms with Crippen molar-refractivity contribution in [3.8, 4) is 5.75 Å². The van der Waals surface area contributed by atoms with E-state index in [1.165, 1.54) is 24.0 Å². The first kappa shape index (κ1) is 13.7. The Morgan fingerprint density at radius 1 is 1.05 bits per heavy atom. The van der Waals surface area contributed by atoms with Crippen LogP contribution < -0.4 is 4.74 Å². The van der Waals surface area contributed by atoms with Gasteiger partial charge in [0.2, 0.25) is 0 Å². The van der Waals surface area contributed by atoms with E-state index < -0.39 is 5.97 Å². The monoisotopic (exact) mass is 282 g/mol. The summed E-state index contributed by atoms with van der Waals surface area (Å²) in [7, 11) is 0. The molecule has 0 spiro atoms. The molecule has 0 aliphatic heterocycles. The highest BCUT2D eigenvalue weighted by Crippen LogP contribution is 2.30. The van der Waals surface area contributed by atoms with Crippen molar-refractivity contribution in [2.24, 2.45) is 0 Å². The number of aromatic carboxylic acids is 1. The first-order valence-corrected chi connectivity index (χ1v) is 7.30. The Kier molecular flexibility index (Phi) is 3.91. The number of hydrogen-bond donors (Lipinski definition) is 1. The minimum absolute atomic E-state index is 0.302. The van der Waals surface area contributed by atoms with E-state index in [9.17, 15) is 4.79 Å². The van der Waals surface area contributed by atoms with Crippen LogP contribution in [0, 0.1) is 0 Å². The van der Waals surface area contributed by atoms with Crippen LogP contribution >= 0.6 is 0 Å². The molecular formula is C18H18O3. The standard InChI is InChI=1S/C18H18O3/c19-18(20)15-10-8-13(9-11-15)12-21-17-7-3-5-14-4-1-2-6-16(14)17/h3,5,7-11H,1-2,4,6,12H2,(H,19,20). The Labute approximate surface area is 124 Å². The van der Waals surface area contributed by atoms with Crippen molar-refractivity contribution in [3.05, 3.63) is 64.7 Å². The molecule has 0 unspecified atom stereocenters. The van der Waals surface area contributed by atoms with Crippen LogP contribution in [0.3, 0.4) is 0 Å². The van der Waals surface area contributed by atoms with Crippen LogP contribution in [0.5, 0.6) is 5.75 Å². The predicted octanol–water partition coefficient (Wildman–Crippen LogP) is 3.84. The van der Waals surface area contributed by atoms with Crippen molar-refractivity contribution in [3.63, 3.8) is 0 Å². The zero-order chi connectivity index (χ0) is 14.7. The fraction of sp³-hybridized carbons (Fsp3) is 0.278. The third-order valence-corrected chi connectivity index (χ3v) is 3.95. The summed E-state index contributed by atoms with van der Waals surface area (Å²) < 4.78 is 5.94. The lowest BCUT2D eigenvalue weighted by molar-refractivity contribution is 0.0697. The van der Waals surface area contributed by atoms with E-state index in [4.69, 9.17) is 9.84 Å². The average molecular weight is 282 g/mol. The molecule has 0 saturated heterocycles. The molecule has 21 heavy (non-hydrogen) atoms. The molecule has 3 rings (SSSR count). The lowest BCUT2D eigenvalue weighted by atomic mass is 9.91. The second-order valence-electron chi connectivity index (χ2n) is 5.39. The summed E-state index contributed by atoms with van der Waals surface area (Å²) in [4.78, 5) is 10.8. The van der Waals surface area contributed by atoms with Gasteiger partial charge in [0, 0.05) is 0 Å². The molecule has 0 saturated carbocycles. The Balaban J connectivity index is 1.71. The van der Waals surface area contributed by atoms with Crippen molar-refractivity contribution in [1.29, 1.82) is 0 Å². The van der Waals surface area contributed by atoms with Crippen molar-refractivity contribution in [1.82, 2.24) is 0 Å². The maximum atomic E-state index is 10.8. The number of fused-ring (bicyclic) bond motifs is 1. The van der Waals surface area contributed by atoms with E-state index in [0.29, 0.717) is 12.2 Å². The first-order valence-electron chi connectivity index (χ1n) is 7.30. The number of benzene rings is 2. The van der Waals surface area contributed by atoms with Crippen molar-refractivity contribution in [2.75, 3.05) is 0 Å². The van der Waals surface area contributed by atoms with Gasteiger partial charge in [-0.25, -0.2) is 4.79 Å². The molecule has 0 bridgehead atoms. The van der Waals surface area contributed by atoms with Gasteiger partial charge in [-0.15, -0.1) is 0 Å². The quantitative estimate of drug-likeness (QED) is 0.926. The fourth-order valence-electron chi connectivity index (χ4n) is 2.79. The molecule has 1 aliphatic carbocycles. The summed E-state index contributed by atoms with van der Waals surface area (Å²) in [6, 6.07) is 13.1. The minimum atomic E-state index is -0.903. The normalized spacial score (nSPS) is 13.5. The van der Waals surface area contributed by atoms with E-state index in [2.05, 4.69) is 6.07 Å². The Hall–Kier alpha value is -2.29. The molecule has 0 radical (unpaired) electrons. The summed E-state index contributed by atoms with van der Waals surface area (Å²) in [6.45, 7) is 0.469. The molecule has 0 atom stereocenters. The zero-order valence-electron chi connectivity index (χ0n) is 11.8. The number of carboxylic acid groups (broad SMARTS) is 1. The summed E-state index contributed by atoms with van der Waals surface area (Å²) in [5.41, 5.74) is 4.02. The second-order valence-corrected chi connectivity index (χ2v) is 5.39. The van der Waals surface area contributed by atoms with Crippen molar-refractivity contribution in [2.45, 2.75) is 32.3 Å². The molecule has 0 heterocycles. The van der Waals surface area contributed by atoms with Crippen LogP contribution in [-0.4, -0.2) is 11.1 Å². The van der Waals surface area contributed by atoms with Gasteiger partial charge in [0.15, 0.2) is 0 Å². The van der Waals surface area contributed by atoms with Gasteiger partial charge in [-0.2, -0.15) is 0 Å². The molecule has 1 aliphatic rings. The number of ether oxygens (including phenoxy) is 1. The van der Waals surface area contributed by atoms with E-state index in [-0.39, 0.29) is 0 Å². The fourth-order valence-corrected chi connectivity index (χ4v) is 2.79. The Bertz CT molecular complexity index is 644. The maximum absolute atomic E-state index is 10.8. The lowest BCUT2D eigenvalue weighted by Gasteiger charge is -2.19. The molecule has 0 amide bonds. The second kappa shape index (κ2) is 6.00. The van der Waals surface area contributed by atoms with Gasteiger partial charge in [0.05, 0.1) is 5.56 Å². The molecule has 2 aromatic rings. The summed E-state index contributed by atoms with van der Waals surface area (Å²) in [6.07, 6.45) is 4.71. The van der Waals surface area contributed by atoms with Crippen LogP contribution in [0.2, 0.25) is 0 Å². The van der Waals surface area contributed by atoms with Gasteiger partial charge in [-0.3, -0.25) is 0 Å². The number of hydrogen-bond acceptors (Lipinski definition) is 2. The Morgan fingerprint density at radius 2 is 1.81 bits per heavy atom. The predicted molar refractivity (Wildman–Crippen MR) is 80.8 cm³/mol. The highest BCUT2D eigenvalue weighted by atomic mass is 16.5. The molecule has 108 valence electrons. The van der Waals surface area contributed by atoms with Gasteiger partial charge in [0.1, 0.15) is 12.4 Å². The van der Waals surface area contributed by atoms with Crippen LogP contribution in [-0.2, 0) is 19.4 Å². The largest absolute Gasteiger partial charge is 0.489 e.